The standard InChI is InChI=1S/C19H14N2O2/c1-12-6-2-3-7-13(12)15-10-17(21-19(23)16(15)11-20)14-8-4-5-9-18(14)22/h2-10,22H,1H3,(H,21,23). The van der Waals surface area contributed by atoms with Crippen LogP contribution in [0, 0.1) is 18.3 Å². The minimum absolute atomic E-state index is 0.0680. The predicted octanol–water partition coefficient (Wildman–Crippen LogP) is 3.59. The highest BCUT2D eigenvalue weighted by atomic mass is 16.3. The Balaban J connectivity index is 2.33. The molecule has 0 bridgehead atoms. The molecule has 3 aromatic rings. The fourth-order valence-electron chi connectivity index (χ4n) is 2.60. The van der Waals surface area contributed by atoms with Crippen molar-refractivity contribution in [1.82, 2.24) is 4.98 Å². The third-order valence-electron chi connectivity index (χ3n) is 3.77. The highest BCUT2D eigenvalue weighted by Gasteiger charge is 2.15. The number of phenolic OH excluding ortho intramolecular Hbond substituents is 1. The fraction of sp³-hybridized carbons (Fsp3) is 0.0526. The summed E-state index contributed by atoms with van der Waals surface area (Å²) in [5, 5.41) is 19.4. The van der Waals surface area contributed by atoms with E-state index in [2.05, 4.69) is 4.98 Å². The van der Waals surface area contributed by atoms with Crippen LogP contribution in [0.1, 0.15) is 11.1 Å². The topological polar surface area (TPSA) is 76.9 Å². The zero-order chi connectivity index (χ0) is 16.4. The summed E-state index contributed by atoms with van der Waals surface area (Å²) >= 11 is 0. The molecule has 0 aliphatic rings. The highest BCUT2D eigenvalue weighted by Crippen LogP contribution is 2.31. The molecule has 0 amide bonds. The van der Waals surface area contributed by atoms with E-state index in [1.165, 1.54) is 0 Å². The Labute approximate surface area is 133 Å². The molecule has 0 fully saturated rings. The maximum absolute atomic E-state index is 12.3. The summed E-state index contributed by atoms with van der Waals surface area (Å²) in [5.74, 6) is 0.0728. The van der Waals surface area contributed by atoms with Crippen molar-refractivity contribution in [3.63, 3.8) is 0 Å². The van der Waals surface area contributed by atoms with E-state index < -0.39 is 5.56 Å². The highest BCUT2D eigenvalue weighted by molar-refractivity contribution is 5.78. The Bertz CT molecular complexity index is 981. The van der Waals surface area contributed by atoms with Crippen LogP contribution in [-0.4, -0.2) is 10.1 Å². The number of aromatic nitrogens is 1. The fourth-order valence-corrected chi connectivity index (χ4v) is 2.60. The summed E-state index contributed by atoms with van der Waals surface area (Å²) in [6.07, 6.45) is 0. The maximum atomic E-state index is 12.3. The van der Waals surface area contributed by atoms with Gasteiger partial charge >= 0.3 is 0 Å². The molecule has 0 unspecified atom stereocenters. The Kier molecular flexibility index (Phi) is 3.70. The Hall–Kier alpha value is -3.32. The van der Waals surface area contributed by atoms with Crippen molar-refractivity contribution < 1.29 is 5.11 Å². The van der Waals surface area contributed by atoms with Crippen LogP contribution in [0.2, 0.25) is 0 Å². The number of H-pyrrole nitrogens is 1. The summed E-state index contributed by atoms with van der Waals surface area (Å²) in [5.41, 5.74) is 2.96. The molecule has 0 aliphatic heterocycles. The van der Waals surface area contributed by atoms with Gasteiger partial charge in [0.05, 0.1) is 5.69 Å². The molecule has 23 heavy (non-hydrogen) atoms. The Morgan fingerprint density at radius 3 is 2.30 bits per heavy atom. The van der Waals surface area contributed by atoms with Crippen molar-refractivity contribution in [3.05, 3.63) is 76.1 Å². The van der Waals surface area contributed by atoms with E-state index in [1.54, 1.807) is 30.3 Å². The maximum Gasteiger partial charge on any atom is 0.266 e. The first-order valence-corrected chi connectivity index (χ1v) is 7.13. The normalized spacial score (nSPS) is 10.3. The molecule has 0 radical (unpaired) electrons. The number of nitrogens with one attached hydrogen (secondary N) is 1. The molecule has 1 heterocycles. The molecule has 112 valence electrons. The van der Waals surface area contributed by atoms with Gasteiger partial charge in [-0.15, -0.1) is 0 Å². The van der Waals surface area contributed by atoms with Gasteiger partial charge in [0.1, 0.15) is 17.4 Å². The minimum atomic E-state index is -0.466. The van der Waals surface area contributed by atoms with E-state index in [4.69, 9.17) is 0 Å². The van der Waals surface area contributed by atoms with E-state index >= 15 is 0 Å². The third-order valence-corrected chi connectivity index (χ3v) is 3.77. The second-order valence-electron chi connectivity index (χ2n) is 5.24. The number of aryl methyl sites for hydroxylation is 1. The SMILES string of the molecule is Cc1ccccc1-c1cc(-c2ccccc2O)[nH]c(=O)c1C#N. The van der Waals surface area contributed by atoms with Crippen LogP contribution in [-0.2, 0) is 0 Å². The number of hydrogen-bond acceptors (Lipinski definition) is 3. The monoisotopic (exact) mass is 302 g/mol. The number of aromatic hydroxyl groups is 1. The predicted molar refractivity (Wildman–Crippen MR) is 89.1 cm³/mol. The van der Waals surface area contributed by atoms with E-state index in [1.807, 2.05) is 37.3 Å². The molecule has 0 aliphatic carbocycles. The molecule has 3 rings (SSSR count). The number of rotatable bonds is 2. The summed E-state index contributed by atoms with van der Waals surface area (Å²) in [6, 6.07) is 18.0. The van der Waals surface area contributed by atoms with Crippen molar-refractivity contribution in [2.75, 3.05) is 0 Å². The number of benzene rings is 2. The van der Waals surface area contributed by atoms with Gasteiger partial charge in [0.15, 0.2) is 0 Å². The summed E-state index contributed by atoms with van der Waals surface area (Å²) in [4.78, 5) is 15.0. The first-order valence-electron chi connectivity index (χ1n) is 7.13. The van der Waals surface area contributed by atoms with E-state index in [9.17, 15) is 15.2 Å². The molecule has 0 saturated carbocycles. The van der Waals surface area contributed by atoms with E-state index in [0.29, 0.717) is 16.8 Å². The van der Waals surface area contributed by atoms with Gasteiger partial charge in [0.2, 0.25) is 0 Å². The summed E-state index contributed by atoms with van der Waals surface area (Å²) in [7, 11) is 0. The Morgan fingerprint density at radius 1 is 1.00 bits per heavy atom. The van der Waals surface area contributed by atoms with Crippen molar-refractivity contribution in [3.8, 4) is 34.2 Å². The van der Waals surface area contributed by atoms with E-state index in [-0.39, 0.29) is 11.3 Å². The second-order valence-corrected chi connectivity index (χ2v) is 5.24. The van der Waals surface area contributed by atoms with Crippen LogP contribution in [0.15, 0.2) is 59.4 Å². The molecule has 4 nitrogen and oxygen atoms in total. The largest absolute Gasteiger partial charge is 0.507 e. The van der Waals surface area contributed by atoms with Crippen molar-refractivity contribution in [1.29, 1.82) is 5.26 Å². The second kappa shape index (κ2) is 5.82. The zero-order valence-electron chi connectivity index (χ0n) is 12.5. The summed E-state index contributed by atoms with van der Waals surface area (Å²) in [6.45, 7) is 1.93. The van der Waals surface area contributed by atoms with Crippen molar-refractivity contribution >= 4 is 0 Å². The number of aromatic amines is 1. The smallest absolute Gasteiger partial charge is 0.266 e. The van der Waals surface area contributed by atoms with Gasteiger partial charge in [-0.1, -0.05) is 36.4 Å². The van der Waals surface area contributed by atoms with Gasteiger partial charge < -0.3 is 10.1 Å². The number of hydrogen-bond donors (Lipinski definition) is 2. The molecule has 1 aromatic heterocycles. The van der Waals surface area contributed by atoms with Gasteiger partial charge in [-0.25, -0.2) is 0 Å². The zero-order valence-corrected chi connectivity index (χ0v) is 12.5. The molecule has 2 aromatic carbocycles. The number of para-hydroxylation sites is 1. The molecular formula is C19H14N2O2. The lowest BCUT2D eigenvalue weighted by Crippen LogP contribution is -2.13. The van der Waals surface area contributed by atoms with Crippen molar-refractivity contribution in [2.45, 2.75) is 6.92 Å². The third kappa shape index (κ3) is 2.60. The Morgan fingerprint density at radius 2 is 1.65 bits per heavy atom. The van der Waals surface area contributed by atoms with Crippen LogP contribution in [0.4, 0.5) is 0 Å². The van der Waals surface area contributed by atoms with Crippen molar-refractivity contribution in [2.24, 2.45) is 0 Å². The van der Waals surface area contributed by atoms with E-state index in [0.717, 1.165) is 11.1 Å². The van der Waals surface area contributed by atoms with Crippen LogP contribution < -0.4 is 5.56 Å². The lowest BCUT2D eigenvalue weighted by Gasteiger charge is -2.11. The molecular weight excluding hydrogens is 288 g/mol. The van der Waals surface area contributed by atoms with Crippen LogP contribution in [0.5, 0.6) is 5.75 Å². The number of nitrogens with zero attached hydrogens (tertiary/aromatic N) is 1. The van der Waals surface area contributed by atoms with Crippen LogP contribution >= 0.6 is 0 Å². The lowest BCUT2D eigenvalue weighted by atomic mass is 9.95. The minimum Gasteiger partial charge on any atom is -0.507 e. The van der Waals surface area contributed by atoms with Gasteiger partial charge in [-0.05, 0) is 36.2 Å². The number of phenols is 1. The molecule has 0 atom stereocenters. The summed E-state index contributed by atoms with van der Waals surface area (Å²) < 4.78 is 0. The molecule has 0 spiro atoms. The quantitative estimate of drug-likeness (QED) is 0.759. The van der Waals surface area contributed by atoms with Crippen LogP contribution in [0.25, 0.3) is 22.4 Å². The van der Waals surface area contributed by atoms with Gasteiger partial charge in [0, 0.05) is 11.1 Å². The number of pyridine rings is 1. The van der Waals surface area contributed by atoms with Gasteiger partial charge in [0.25, 0.3) is 5.56 Å². The van der Waals surface area contributed by atoms with Gasteiger partial charge in [-0.2, -0.15) is 5.26 Å². The molecule has 4 heteroatoms. The lowest BCUT2D eigenvalue weighted by molar-refractivity contribution is 0.477. The first kappa shape index (κ1) is 14.6. The van der Waals surface area contributed by atoms with Gasteiger partial charge in [-0.3, -0.25) is 4.79 Å². The average molecular weight is 302 g/mol. The first-order chi connectivity index (χ1) is 11.1. The van der Waals surface area contributed by atoms with Crippen LogP contribution in [0.3, 0.4) is 0 Å². The molecule has 0 saturated heterocycles. The molecule has 2 N–H and O–H groups in total. The number of nitriles is 1. The average Bonchev–Trinajstić information content (AvgIpc) is 2.55.